The summed E-state index contributed by atoms with van der Waals surface area (Å²) >= 11 is 0. The van der Waals surface area contributed by atoms with Crippen molar-refractivity contribution in [3.05, 3.63) is 24.0 Å². The van der Waals surface area contributed by atoms with Crippen LogP contribution in [0.3, 0.4) is 0 Å². The van der Waals surface area contributed by atoms with Crippen LogP contribution in [0.25, 0.3) is 0 Å². The van der Waals surface area contributed by atoms with Gasteiger partial charge in [0, 0.05) is 19.0 Å². The molecule has 6 heteroatoms. The van der Waals surface area contributed by atoms with Gasteiger partial charge in [-0.05, 0) is 31.4 Å². The summed E-state index contributed by atoms with van der Waals surface area (Å²) in [5, 5.41) is 22.3. The van der Waals surface area contributed by atoms with E-state index in [4.69, 9.17) is 10.9 Å². The first-order valence-electron chi connectivity index (χ1n) is 7.54. The molecule has 1 aliphatic carbocycles. The Kier molecular flexibility index (Phi) is 3.71. The first-order chi connectivity index (χ1) is 10.1. The van der Waals surface area contributed by atoms with Crippen LogP contribution in [0.4, 0.5) is 5.69 Å². The zero-order valence-electron chi connectivity index (χ0n) is 12.1. The third-order valence-electron chi connectivity index (χ3n) is 4.91. The number of aromatic nitrogens is 1. The van der Waals surface area contributed by atoms with Crippen LogP contribution in [-0.2, 0) is 0 Å². The standard InChI is InChI=1S/C15H22N4O2/c16-14(18-21)13-5-4-12(9-17-13)19-8-7-15(20)6-2-1-3-11(15)10-19/h4-5,9,11,20-21H,1-3,6-8,10H2,(H2,16,18). The van der Waals surface area contributed by atoms with Crippen molar-refractivity contribution >= 4 is 11.5 Å². The molecule has 114 valence electrons. The number of rotatable bonds is 2. The lowest BCUT2D eigenvalue weighted by Gasteiger charge is -2.48. The van der Waals surface area contributed by atoms with E-state index < -0.39 is 5.60 Å². The number of oxime groups is 1. The van der Waals surface area contributed by atoms with E-state index in [1.165, 1.54) is 6.42 Å². The Hall–Kier alpha value is -1.82. The fourth-order valence-electron chi connectivity index (χ4n) is 3.58. The molecule has 2 fully saturated rings. The van der Waals surface area contributed by atoms with Gasteiger partial charge in [0.05, 0.1) is 17.5 Å². The van der Waals surface area contributed by atoms with Crippen molar-refractivity contribution in [3.63, 3.8) is 0 Å². The highest BCUT2D eigenvalue weighted by molar-refractivity contribution is 5.95. The molecule has 1 aliphatic heterocycles. The summed E-state index contributed by atoms with van der Waals surface area (Å²) in [7, 11) is 0. The fraction of sp³-hybridized carbons (Fsp3) is 0.600. The maximum Gasteiger partial charge on any atom is 0.188 e. The SMILES string of the molecule is N/C(=N/O)c1ccc(N2CCC3(O)CCCCC3C2)cn1. The average molecular weight is 290 g/mol. The van der Waals surface area contributed by atoms with Crippen LogP contribution in [0.5, 0.6) is 0 Å². The lowest BCUT2D eigenvalue weighted by molar-refractivity contribution is -0.0612. The van der Waals surface area contributed by atoms with Crippen LogP contribution in [0, 0.1) is 5.92 Å². The largest absolute Gasteiger partial charge is 0.409 e. The number of amidine groups is 1. The molecule has 2 unspecified atom stereocenters. The minimum Gasteiger partial charge on any atom is -0.409 e. The highest BCUT2D eigenvalue weighted by atomic mass is 16.4. The summed E-state index contributed by atoms with van der Waals surface area (Å²) in [6, 6.07) is 3.69. The summed E-state index contributed by atoms with van der Waals surface area (Å²) < 4.78 is 0. The van der Waals surface area contributed by atoms with Crippen LogP contribution in [0.1, 0.15) is 37.8 Å². The molecule has 1 saturated heterocycles. The van der Waals surface area contributed by atoms with E-state index in [0.717, 1.165) is 44.5 Å². The smallest absolute Gasteiger partial charge is 0.188 e. The van der Waals surface area contributed by atoms with Crippen LogP contribution in [-0.4, -0.2) is 39.8 Å². The molecule has 0 amide bonds. The number of hydrogen-bond acceptors (Lipinski definition) is 5. The van der Waals surface area contributed by atoms with Crippen LogP contribution < -0.4 is 10.6 Å². The molecule has 6 nitrogen and oxygen atoms in total. The zero-order chi connectivity index (χ0) is 14.9. The Morgan fingerprint density at radius 3 is 2.95 bits per heavy atom. The molecule has 0 aromatic carbocycles. The molecule has 3 rings (SSSR count). The van der Waals surface area contributed by atoms with Crippen molar-refractivity contribution in [2.75, 3.05) is 18.0 Å². The summed E-state index contributed by atoms with van der Waals surface area (Å²) in [5.41, 5.74) is 6.55. The van der Waals surface area contributed by atoms with Gasteiger partial charge in [-0.2, -0.15) is 0 Å². The van der Waals surface area contributed by atoms with Crippen LogP contribution in [0.15, 0.2) is 23.5 Å². The second-order valence-electron chi connectivity index (χ2n) is 6.13. The van der Waals surface area contributed by atoms with Crippen LogP contribution in [0.2, 0.25) is 0 Å². The average Bonchev–Trinajstić information content (AvgIpc) is 2.53. The molecule has 1 aromatic heterocycles. The Balaban J connectivity index is 1.73. The van der Waals surface area contributed by atoms with Gasteiger partial charge < -0.3 is 20.9 Å². The number of fused-ring (bicyclic) bond motifs is 1. The van der Waals surface area contributed by atoms with Gasteiger partial charge in [0.1, 0.15) is 5.69 Å². The molecule has 2 atom stereocenters. The molecule has 21 heavy (non-hydrogen) atoms. The summed E-state index contributed by atoms with van der Waals surface area (Å²) in [5.74, 6) is 0.366. The second-order valence-corrected chi connectivity index (χ2v) is 6.13. The van der Waals surface area contributed by atoms with E-state index in [0.29, 0.717) is 11.6 Å². The van der Waals surface area contributed by atoms with E-state index in [-0.39, 0.29) is 5.84 Å². The predicted octanol–water partition coefficient (Wildman–Crippen LogP) is 1.31. The first-order valence-corrected chi connectivity index (χ1v) is 7.54. The number of nitrogens with zero attached hydrogens (tertiary/aromatic N) is 3. The van der Waals surface area contributed by atoms with Crippen molar-refractivity contribution in [1.82, 2.24) is 4.98 Å². The number of piperidine rings is 1. The van der Waals surface area contributed by atoms with Gasteiger partial charge in [0.2, 0.25) is 0 Å². The number of nitrogens with two attached hydrogens (primary N) is 1. The van der Waals surface area contributed by atoms with Crippen LogP contribution >= 0.6 is 0 Å². The van der Waals surface area contributed by atoms with Crippen molar-refractivity contribution in [2.45, 2.75) is 37.7 Å². The lowest BCUT2D eigenvalue weighted by atomic mass is 9.71. The molecular formula is C15H22N4O2. The molecule has 1 aromatic rings. The number of hydrogen-bond donors (Lipinski definition) is 3. The summed E-state index contributed by atoms with van der Waals surface area (Å²) in [6.07, 6.45) is 6.96. The normalized spacial score (nSPS) is 30.0. The Morgan fingerprint density at radius 2 is 2.24 bits per heavy atom. The van der Waals surface area contributed by atoms with Gasteiger partial charge in [-0.1, -0.05) is 18.0 Å². The molecular weight excluding hydrogens is 268 g/mol. The number of pyridine rings is 1. The van der Waals surface area contributed by atoms with E-state index >= 15 is 0 Å². The quantitative estimate of drug-likeness (QED) is 0.330. The second kappa shape index (κ2) is 5.52. The van der Waals surface area contributed by atoms with Crippen molar-refractivity contribution < 1.29 is 10.3 Å². The van der Waals surface area contributed by atoms with Crippen molar-refractivity contribution in [3.8, 4) is 0 Å². The lowest BCUT2D eigenvalue weighted by Crippen LogP contribution is -2.53. The van der Waals surface area contributed by atoms with Crippen molar-refractivity contribution in [1.29, 1.82) is 0 Å². The molecule has 0 bridgehead atoms. The van der Waals surface area contributed by atoms with E-state index in [2.05, 4.69) is 15.0 Å². The van der Waals surface area contributed by atoms with E-state index in [1.807, 2.05) is 6.07 Å². The highest BCUT2D eigenvalue weighted by Gasteiger charge is 2.42. The van der Waals surface area contributed by atoms with E-state index in [1.54, 1.807) is 12.3 Å². The maximum atomic E-state index is 10.7. The van der Waals surface area contributed by atoms with Crippen molar-refractivity contribution in [2.24, 2.45) is 16.8 Å². The third-order valence-corrected chi connectivity index (χ3v) is 4.91. The Morgan fingerprint density at radius 1 is 1.38 bits per heavy atom. The molecule has 4 N–H and O–H groups in total. The molecule has 0 spiro atoms. The van der Waals surface area contributed by atoms with E-state index in [9.17, 15) is 5.11 Å². The fourth-order valence-corrected chi connectivity index (χ4v) is 3.58. The zero-order valence-corrected chi connectivity index (χ0v) is 12.1. The maximum absolute atomic E-state index is 10.7. The van der Waals surface area contributed by atoms with Gasteiger partial charge in [-0.3, -0.25) is 4.98 Å². The minimum absolute atomic E-state index is 0.0156. The van der Waals surface area contributed by atoms with Gasteiger partial charge in [0.15, 0.2) is 5.84 Å². The van der Waals surface area contributed by atoms with Gasteiger partial charge in [-0.25, -0.2) is 0 Å². The molecule has 2 aliphatic rings. The number of aliphatic hydroxyl groups is 1. The van der Waals surface area contributed by atoms with Gasteiger partial charge >= 0.3 is 0 Å². The monoisotopic (exact) mass is 290 g/mol. The third kappa shape index (κ3) is 2.68. The Labute approximate surface area is 124 Å². The first kappa shape index (κ1) is 14.1. The molecule has 2 heterocycles. The Bertz CT molecular complexity index is 531. The van der Waals surface area contributed by atoms with Gasteiger partial charge in [0.25, 0.3) is 0 Å². The topological polar surface area (TPSA) is 95.0 Å². The summed E-state index contributed by atoms with van der Waals surface area (Å²) in [4.78, 5) is 6.50. The molecule has 1 saturated carbocycles. The minimum atomic E-state index is -0.462. The summed E-state index contributed by atoms with van der Waals surface area (Å²) in [6.45, 7) is 1.72. The number of anilines is 1. The van der Waals surface area contributed by atoms with Gasteiger partial charge in [-0.15, -0.1) is 0 Å². The molecule has 0 radical (unpaired) electrons. The predicted molar refractivity (Wildman–Crippen MR) is 80.5 cm³/mol. The highest BCUT2D eigenvalue weighted by Crippen LogP contribution is 2.40.